The summed E-state index contributed by atoms with van der Waals surface area (Å²) in [6.07, 6.45) is 0. The number of benzene rings is 1. The summed E-state index contributed by atoms with van der Waals surface area (Å²) in [7, 11) is 0. The molecule has 3 nitrogen and oxygen atoms in total. The third kappa shape index (κ3) is 2.74. The Hall–Kier alpha value is -1.07. The van der Waals surface area contributed by atoms with E-state index in [-0.39, 0.29) is 0 Å². The zero-order valence-corrected chi connectivity index (χ0v) is 11.1. The molecule has 84 valence electrons. The number of hydrogen-bond donors (Lipinski definition) is 1. The summed E-state index contributed by atoms with van der Waals surface area (Å²) < 4.78 is 6.68. The monoisotopic (exact) mass is 298 g/mol. The van der Waals surface area contributed by atoms with Crippen molar-refractivity contribution >= 4 is 32.4 Å². The van der Waals surface area contributed by atoms with E-state index < -0.39 is 0 Å². The Morgan fingerprint density at radius 2 is 2.31 bits per heavy atom. The Morgan fingerprint density at radius 3 is 3.00 bits per heavy atom. The first kappa shape index (κ1) is 11.4. The molecule has 2 N–H and O–H groups in total. The highest BCUT2D eigenvalue weighted by Crippen LogP contribution is 2.24. The van der Waals surface area contributed by atoms with Crippen LogP contribution in [-0.2, 0) is 6.61 Å². The van der Waals surface area contributed by atoms with Crippen LogP contribution in [0.5, 0.6) is 5.75 Å². The molecular weight excluding hydrogens is 288 g/mol. The number of nitrogen functional groups attached to an aromatic ring is 1. The summed E-state index contributed by atoms with van der Waals surface area (Å²) in [6.45, 7) is 2.46. The lowest BCUT2D eigenvalue weighted by molar-refractivity contribution is 0.300. The van der Waals surface area contributed by atoms with E-state index in [0.29, 0.717) is 11.7 Å². The highest BCUT2D eigenvalue weighted by molar-refractivity contribution is 9.10. The topological polar surface area (TPSA) is 48.1 Å². The highest BCUT2D eigenvalue weighted by Gasteiger charge is 2.03. The fourth-order valence-corrected chi connectivity index (χ4v) is 2.16. The number of ether oxygens (including phenoxy) is 1. The molecule has 0 unspecified atom stereocenters. The van der Waals surface area contributed by atoms with E-state index >= 15 is 0 Å². The maximum Gasteiger partial charge on any atom is 0.180 e. The number of halogens is 1. The molecule has 0 amide bonds. The molecule has 5 heteroatoms. The van der Waals surface area contributed by atoms with Crippen LogP contribution < -0.4 is 10.5 Å². The van der Waals surface area contributed by atoms with E-state index in [2.05, 4.69) is 20.9 Å². The van der Waals surface area contributed by atoms with Gasteiger partial charge in [0.1, 0.15) is 12.4 Å². The molecule has 2 aromatic rings. The van der Waals surface area contributed by atoms with Crippen molar-refractivity contribution < 1.29 is 4.74 Å². The molecular formula is C11H11BrN2OS. The fraction of sp³-hybridized carbons (Fsp3) is 0.182. The average Bonchev–Trinajstić information content (AvgIpc) is 2.66. The summed E-state index contributed by atoms with van der Waals surface area (Å²) in [5.74, 6) is 0.862. The van der Waals surface area contributed by atoms with E-state index in [9.17, 15) is 0 Å². The summed E-state index contributed by atoms with van der Waals surface area (Å²) in [5, 5.41) is 2.48. The van der Waals surface area contributed by atoms with Crippen LogP contribution in [0.25, 0.3) is 0 Å². The van der Waals surface area contributed by atoms with Crippen molar-refractivity contribution in [2.75, 3.05) is 5.73 Å². The van der Waals surface area contributed by atoms with Crippen LogP contribution in [0.15, 0.2) is 28.1 Å². The number of rotatable bonds is 3. The summed E-state index contributed by atoms with van der Waals surface area (Å²) in [6, 6.07) is 5.95. The van der Waals surface area contributed by atoms with Gasteiger partial charge in [0, 0.05) is 9.85 Å². The number of hydrogen-bond acceptors (Lipinski definition) is 4. The molecule has 2 rings (SSSR count). The molecule has 0 aliphatic heterocycles. The molecule has 0 saturated carbocycles. The summed E-state index contributed by atoms with van der Waals surface area (Å²) in [5.41, 5.74) is 7.51. The highest BCUT2D eigenvalue weighted by atomic mass is 79.9. The molecule has 0 saturated heterocycles. The fourth-order valence-electron chi connectivity index (χ4n) is 1.27. The van der Waals surface area contributed by atoms with Crippen LogP contribution >= 0.6 is 27.3 Å². The minimum Gasteiger partial charge on any atom is -0.487 e. The minimum atomic E-state index is 0.449. The molecule has 1 heterocycles. The van der Waals surface area contributed by atoms with E-state index in [4.69, 9.17) is 10.5 Å². The van der Waals surface area contributed by atoms with Crippen molar-refractivity contribution in [3.63, 3.8) is 0 Å². The van der Waals surface area contributed by atoms with Gasteiger partial charge < -0.3 is 10.5 Å². The number of nitrogens with two attached hydrogens (primary N) is 1. The van der Waals surface area contributed by atoms with Gasteiger partial charge in [-0.1, -0.05) is 22.0 Å². The number of nitrogens with zero attached hydrogens (tertiary/aromatic N) is 1. The van der Waals surface area contributed by atoms with Crippen LogP contribution in [0.1, 0.15) is 11.3 Å². The smallest absolute Gasteiger partial charge is 0.180 e. The summed E-state index contributed by atoms with van der Waals surface area (Å²) >= 11 is 4.84. The molecule has 0 aliphatic rings. The molecule has 16 heavy (non-hydrogen) atoms. The lowest BCUT2D eigenvalue weighted by Crippen LogP contribution is -1.97. The van der Waals surface area contributed by atoms with Gasteiger partial charge in [0.2, 0.25) is 0 Å². The Balaban J connectivity index is 2.07. The average molecular weight is 299 g/mol. The van der Waals surface area contributed by atoms with E-state index in [1.54, 1.807) is 0 Å². The van der Waals surface area contributed by atoms with Gasteiger partial charge in [-0.05, 0) is 24.6 Å². The Kier molecular flexibility index (Phi) is 3.46. The predicted octanol–water partition coefficient (Wildman–Crippen LogP) is 3.38. The van der Waals surface area contributed by atoms with Crippen LogP contribution in [-0.4, -0.2) is 4.98 Å². The molecule has 0 spiro atoms. The first-order valence-corrected chi connectivity index (χ1v) is 6.41. The van der Waals surface area contributed by atoms with Gasteiger partial charge >= 0.3 is 0 Å². The SMILES string of the molecule is Cc1ccc(Br)cc1OCc1csc(N)n1. The van der Waals surface area contributed by atoms with Crippen molar-refractivity contribution in [1.29, 1.82) is 0 Å². The van der Waals surface area contributed by atoms with Gasteiger partial charge in [-0.3, -0.25) is 0 Å². The predicted molar refractivity (Wildman–Crippen MR) is 69.7 cm³/mol. The lowest BCUT2D eigenvalue weighted by Gasteiger charge is -2.07. The quantitative estimate of drug-likeness (QED) is 0.945. The first-order chi connectivity index (χ1) is 7.65. The van der Waals surface area contributed by atoms with Crippen molar-refractivity contribution in [1.82, 2.24) is 4.98 Å². The van der Waals surface area contributed by atoms with Crippen molar-refractivity contribution in [3.8, 4) is 5.75 Å². The zero-order valence-electron chi connectivity index (χ0n) is 8.74. The van der Waals surface area contributed by atoms with Gasteiger partial charge in [-0.15, -0.1) is 11.3 Å². The maximum atomic E-state index is 5.68. The molecule has 1 aromatic heterocycles. The first-order valence-electron chi connectivity index (χ1n) is 4.74. The number of anilines is 1. The van der Waals surface area contributed by atoms with Gasteiger partial charge in [0.05, 0.1) is 5.69 Å². The molecule has 0 aliphatic carbocycles. The van der Waals surface area contributed by atoms with Crippen molar-refractivity contribution in [2.45, 2.75) is 13.5 Å². The molecule has 0 radical (unpaired) electrons. The van der Waals surface area contributed by atoms with Gasteiger partial charge in [0.15, 0.2) is 5.13 Å². The Labute approximate surface area is 106 Å². The molecule has 0 atom stereocenters. The van der Waals surface area contributed by atoms with Crippen molar-refractivity contribution in [3.05, 3.63) is 39.3 Å². The molecule has 0 fully saturated rings. The molecule has 0 bridgehead atoms. The summed E-state index contributed by atoms with van der Waals surface area (Å²) in [4.78, 5) is 4.14. The van der Waals surface area contributed by atoms with Crippen LogP contribution in [0.2, 0.25) is 0 Å². The van der Waals surface area contributed by atoms with E-state index in [1.807, 2.05) is 30.5 Å². The standard InChI is InChI=1S/C11H11BrN2OS/c1-7-2-3-8(12)4-10(7)15-5-9-6-16-11(13)14-9/h2-4,6H,5H2,1H3,(H2,13,14). The van der Waals surface area contributed by atoms with Gasteiger partial charge in [-0.25, -0.2) is 4.98 Å². The minimum absolute atomic E-state index is 0.449. The number of thiazole rings is 1. The third-order valence-corrected chi connectivity index (χ3v) is 3.31. The second-order valence-corrected chi connectivity index (χ2v) is 5.18. The Morgan fingerprint density at radius 1 is 1.50 bits per heavy atom. The van der Waals surface area contributed by atoms with Crippen LogP contribution in [0.3, 0.4) is 0 Å². The van der Waals surface area contributed by atoms with E-state index in [0.717, 1.165) is 21.5 Å². The maximum absolute atomic E-state index is 5.68. The van der Waals surface area contributed by atoms with Gasteiger partial charge in [-0.2, -0.15) is 0 Å². The second kappa shape index (κ2) is 4.84. The normalized spacial score (nSPS) is 10.4. The molecule has 1 aromatic carbocycles. The van der Waals surface area contributed by atoms with E-state index in [1.165, 1.54) is 11.3 Å². The third-order valence-electron chi connectivity index (χ3n) is 2.10. The largest absolute Gasteiger partial charge is 0.487 e. The van der Waals surface area contributed by atoms with Gasteiger partial charge in [0.25, 0.3) is 0 Å². The second-order valence-electron chi connectivity index (χ2n) is 3.38. The zero-order chi connectivity index (χ0) is 11.5. The number of aromatic nitrogens is 1. The number of aryl methyl sites for hydroxylation is 1. The van der Waals surface area contributed by atoms with Crippen LogP contribution in [0, 0.1) is 6.92 Å². The van der Waals surface area contributed by atoms with Crippen LogP contribution in [0.4, 0.5) is 5.13 Å². The lowest BCUT2D eigenvalue weighted by atomic mass is 10.2. The Bertz CT molecular complexity index is 498. The van der Waals surface area contributed by atoms with Crippen molar-refractivity contribution in [2.24, 2.45) is 0 Å².